The zero-order valence-electron chi connectivity index (χ0n) is 17.4. The molecule has 0 aliphatic heterocycles. The molecule has 1 atom stereocenters. The zero-order chi connectivity index (χ0) is 21.4. The molecule has 0 amide bonds. The van der Waals surface area contributed by atoms with Crippen molar-refractivity contribution < 1.29 is 19.4 Å². The molecule has 4 heteroatoms. The van der Waals surface area contributed by atoms with Crippen molar-refractivity contribution >= 4 is 12.0 Å². The molecule has 0 radical (unpaired) electrons. The predicted molar refractivity (Wildman–Crippen MR) is 120 cm³/mol. The molecule has 2 aliphatic carbocycles. The van der Waals surface area contributed by atoms with Crippen LogP contribution in [0.25, 0.3) is 6.08 Å². The Hall–Kier alpha value is -3.53. The molecular formula is C27H24O4. The van der Waals surface area contributed by atoms with Crippen molar-refractivity contribution in [2.24, 2.45) is 0 Å². The second kappa shape index (κ2) is 7.62. The number of aryl methyl sites for hydroxylation is 2. The first-order valence-electron chi connectivity index (χ1n) is 10.6. The highest BCUT2D eigenvalue weighted by molar-refractivity contribution is 5.89. The van der Waals surface area contributed by atoms with E-state index in [0.29, 0.717) is 11.5 Å². The molecule has 0 saturated carbocycles. The number of fused-ring (bicyclic) bond motifs is 4. The van der Waals surface area contributed by atoms with E-state index in [1.54, 1.807) is 19.3 Å². The summed E-state index contributed by atoms with van der Waals surface area (Å²) in [6.45, 7) is 0. The first kappa shape index (κ1) is 19.4. The number of aromatic hydroxyl groups is 1. The maximum atomic E-state index is 12.6. The van der Waals surface area contributed by atoms with Gasteiger partial charge < -0.3 is 14.6 Å². The van der Waals surface area contributed by atoms with E-state index in [1.807, 2.05) is 42.5 Å². The minimum Gasteiger partial charge on any atom is -0.508 e. The lowest BCUT2D eigenvalue weighted by molar-refractivity contribution is -0.128. The van der Waals surface area contributed by atoms with Crippen molar-refractivity contribution in [2.45, 2.75) is 31.1 Å². The van der Waals surface area contributed by atoms with Crippen LogP contribution in [0.1, 0.15) is 40.7 Å². The van der Waals surface area contributed by atoms with Crippen molar-refractivity contribution in [3.63, 3.8) is 0 Å². The van der Waals surface area contributed by atoms with Crippen molar-refractivity contribution in [1.29, 1.82) is 0 Å². The second-order valence-electron chi connectivity index (χ2n) is 8.21. The number of carbonyl (C=O) groups excluding carboxylic acids is 1. The Morgan fingerprint density at radius 3 is 2.32 bits per heavy atom. The van der Waals surface area contributed by atoms with Crippen molar-refractivity contribution in [3.05, 3.63) is 94.6 Å². The number of methoxy groups -OCH3 is 1. The summed E-state index contributed by atoms with van der Waals surface area (Å²) in [7, 11) is 1.62. The van der Waals surface area contributed by atoms with Gasteiger partial charge in [0, 0.05) is 22.6 Å². The largest absolute Gasteiger partial charge is 0.508 e. The number of benzene rings is 3. The van der Waals surface area contributed by atoms with Crippen LogP contribution in [0.4, 0.5) is 0 Å². The van der Waals surface area contributed by atoms with Gasteiger partial charge in [0.15, 0.2) is 0 Å². The molecule has 2 aliphatic rings. The predicted octanol–water partition coefficient (Wildman–Crippen LogP) is 5.20. The molecule has 1 N–H and O–H groups in total. The van der Waals surface area contributed by atoms with E-state index in [2.05, 4.69) is 12.1 Å². The van der Waals surface area contributed by atoms with Crippen molar-refractivity contribution in [1.82, 2.24) is 0 Å². The molecule has 0 unspecified atom stereocenters. The minimum atomic E-state index is -0.415. The van der Waals surface area contributed by atoms with Gasteiger partial charge in [0.2, 0.25) is 0 Å². The van der Waals surface area contributed by atoms with Gasteiger partial charge in [-0.1, -0.05) is 36.4 Å². The highest BCUT2D eigenvalue weighted by atomic mass is 16.5. The van der Waals surface area contributed by atoms with Crippen LogP contribution in [-0.4, -0.2) is 18.2 Å². The Bertz CT molecular complexity index is 1170. The SMILES string of the molecule is COc1ccc(/C=C/C(=O)Oc2cccc3c2[C@]2(CCc4cccc(O)c42)CC3)cc1. The molecular weight excluding hydrogens is 388 g/mol. The summed E-state index contributed by atoms with van der Waals surface area (Å²) in [4.78, 5) is 12.6. The van der Waals surface area contributed by atoms with Gasteiger partial charge >= 0.3 is 5.97 Å². The normalized spacial score (nSPS) is 18.9. The average Bonchev–Trinajstić information content (AvgIpc) is 3.36. The van der Waals surface area contributed by atoms with Crippen LogP contribution in [0.3, 0.4) is 0 Å². The van der Waals surface area contributed by atoms with E-state index in [-0.39, 0.29) is 5.41 Å². The number of hydrogen-bond donors (Lipinski definition) is 1. The number of ether oxygens (including phenoxy) is 2. The number of esters is 1. The van der Waals surface area contributed by atoms with Gasteiger partial charge in [-0.15, -0.1) is 0 Å². The molecule has 1 spiro atoms. The van der Waals surface area contributed by atoms with Crippen LogP contribution in [0.5, 0.6) is 17.2 Å². The fourth-order valence-electron chi connectivity index (χ4n) is 5.23. The first-order chi connectivity index (χ1) is 15.1. The maximum absolute atomic E-state index is 12.6. The van der Waals surface area contributed by atoms with Crippen LogP contribution in [-0.2, 0) is 23.1 Å². The van der Waals surface area contributed by atoms with Crippen molar-refractivity contribution in [3.8, 4) is 17.2 Å². The summed E-state index contributed by atoms with van der Waals surface area (Å²) in [5.74, 6) is 1.28. The lowest BCUT2D eigenvalue weighted by Gasteiger charge is -2.28. The third-order valence-corrected chi connectivity index (χ3v) is 6.58. The van der Waals surface area contributed by atoms with E-state index >= 15 is 0 Å². The summed E-state index contributed by atoms with van der Waals surface area (Å²) in [5, 5.41) is 10.7. The fourth-order valence-corrected chi connectivity index (χ4v) is 5.23. The lowest BCUT2D eigenvalue weighted by Crippen LogP contribution is -2.23. The van der Waals surface area contributed by atoms with E-state index < -0.39 is 5.97 Å². The van der Waals surface area contributed by atoms with E-state index in [0.717, 1.165) is 48.1 Å². The standard InChI is InChI=1S/C27H24O4/c1-30-21-11-8-18(9-12-21)10-13-24(29)31-23-7-3-5-20-15-17-27(26(20)23)16-14-19-4-2-6-22(28)25(19)27/h2-13,28H,14-17H2,1H3/b13-10+/t27-/m1/s1. The van der Waals surface area contributed by atoms with Gasteiger partial charge in [-0.05, 0) is 72.7 Å². The monoisotopic (exact) mass is 412 g/mol. The average molecular weight is 412 g/mol. The Morgan fingerprint density at radius 2 is 1.61 bits per heavy atom. The topological polar surface area (TPSA) is 55.8 Å². The van der Waals surface area contributed by atoms with Crippen LogP contribution in [0.2, 0.25) is 0 Å². The number of phenols is 1. The maximum Gasteiger partial charge on any atom is 0.336 e. The fraction of sp³-hybridized carbons (Fsp3) is 0.222. The van der Waals surface area contributed by atoms with Crippen molar-refractivity contribution in [2.75, 3.05) is 7.11 Å². The Balaban J connectivity index is 1.45. The number of rotatable bonds is 4. The van der Waals surface area contributed by atoms with Gasteiger partial charge in [-0.3, -0.25) is 0 Å². The molecule has 0 aromatic heterocycles. The molecule has 0 heterocycles. The van der Waals surface area contributed by atoms with Crippen LogP contribution >= 0.6 is 0 Å². The summed E-state index contributed by atoms with van der Waals surface area (Å²) >= 11 is 0. The van der Waals surface area contributed by atoms with Crippen LogP contribution < -0.4 is 9.47 Å². The quantitative estimate of drug-likeness (QED) is 0.364. The smallest absolute Gasteiger partial charge is 0.336 e. The third kappa shape index (κ3) is 3.28. The van der Waals surface area contributed by atoms with Gasteiger partial charge in [-0.2, -0.15) is 0 Å². The third-order valence-electron chi connectivity index (χ3n) is 6.58. The number of hydrogen-bond acceptors (Lipinski definition) is 4. The van der Waals surface area contributed by atoms with Crippen LogP contribution in [0, 0.1) is 0 Å². The van der Waals surface area contributed by atoms with E-state index in [1.165, 1.54) is 17.2 Å². The van der Waals surface area contributed by atoms with Gasteiger partial charge in [0.1, 0.15) is 17.2 Å². The minimum absolute atomic E-state index is 0.285. The summed E-state index contributed by atoms with van der Waals surface area (Å²) < 4.78 is 11.0. The first-order valence-corrected chi connectivity index (χ1v) is 10.6. The van der Waals surface area contributed by atoms with Gasteiger partial charge in [0.05, 0.1) is 7.11 Å². The number of carbonyl (C=O) groups is 1. The molecule has 0 fully saturated rings. The molecule has 0 saturated heterocycles. The second-order valence-corrected chi connectivity index (χ2v) is 8.21. The molecule has 0 bridgehead atoms. The Labute approximate surface area is 181 Å². The molecule has 156 valence electrons. The number of phenolic OH excluding ortho intramolecular Hbond substituents is 1. The van der Waals surface area contributed by atoms with E-state index in [9.17, 15) is 9.90 Å². The summed E-state index contributed by atoms with van der Waals surface area (Å²) in [6, 6.07) is 19.1. The Kier molecular flexibility index (Phi) is 4.78. The lowest BCUT2D eigenvalue weighted by atomic mass is 9.76. The van der Waals surface area contributed by atoms with E-state index in [4.69, 9.17) is 9.47 Å². The highest BCUT2D eigenvalue weighted by Gasteiger charge is 2.48. The van der Waals surface area contributed by atoms with Crippen LogP contribution in [0.15, 0.2) is 66.7 Å². The summed E-state index contributed by atoms with van der Waals surface area (Å²) in [6.07, 6.45) is 6.85. The summed E-state index contributed by atoms with van der Waals surface area (Å²) in [5.41, 5.74) is 5.05. The molecule has 31 heavy (non-hydrogen) atoms. The zero-order valence-corrected chi connectivity index (χ0v) is 17.4. The highest BCUT2D eigenvalue weighted by Crippen LogP contribution is 2.57. The van der Waals surface area contributed by atoms with Gasteiger partial charge in [0.25, 0.3) is 0 Å². The Morgan fingerprint density at radius 1 is 0.935 bits per heavy atom. The van der Waals surface area contributed by atoms with Gasteiger partial charge in [-0.25, -0.2) is 4.79 Å². The molecule has 3 aromatic rings. The molecule has 5 rings (SSSR count). The molecule has 3 aromatic carbocycles. The molecule has 4 nitrogen and oxygen atoms in total.